The Morgan fingerprint density at radius 3 is 3.00 bits per heavy atom. The molecule has 0 N–H and O–H groups in total. The predicted molar refractivity (Wildman–Crippen MR) is 62.8 cm³/mol. The first-order valence-corrected chi connectivity index (χ1v) is 5.84. The number of rotatable bonds is 5. The summed E-state index contributed by atoms with van der Waals surface area (Å²) >= 11 is 1.24. The average Bonchev–Trinajstić information content (AvgIpc) is 2.35. The summed E-state index contributed by atoms with van der Waals surface area (Å²) in [6.45, 7) is 1.71. The van der Waals surface area contributed by atoms with Crippen LogP contribution in [0, 0.1) is 16.0 Å². The number of carbonyl (C=O) groups is 1. The van der Waals surface area contributed by atoms with E-state index in [2.05, 4.69) is 9.72 Å². The molecular formula is C10H12N2O4S. The molecule has 0 saturated heterocycles. The summed E-state index contributed by atoms with van der Waals surface area (Å²) in [5.74, 6) is -0.204. The highest BCUT2D eigenvalue weighted by Gasteiger charge is 2.18. The van der Waals surface area contributed by atoms with Gasteiger partial charge < -0.3 is 4.74 Å². The number of hydrogen-bond acceptors (Lipinski definition) is 6. The lowest BCUT2D eigenvalue weighted by Gasteiger charge is -2.08. The van der Waals surface area contributed by atoms with Crippen molar-refractivity contribution in [2.45, 2.75) is 11.8 Å². The van der Waals surface area contributed by atoms with Gasteiger partial charge in [0.25, 0.3) is 0 Å². The van der Waals surface area contributed by atoms with Crippen molar-refractivity contribution >= 4 is 23.4 Å². The Bertz CT molecular complexity index is 425. The van der Waals surface area contributed by atoms with E-state index in [-0.39, 0.29) is 17.6 Å². The van der Waals surface area contributed by atoms with Gasteiger partial charge in [-0.3, -0.25) is 19.9 Å². The Morgan fingerprint density at radius 1 is 1.71 bits per heavy atom. The van der Waals surface area contributed by atoms with Gasteiger partial charge in [-0.25, -0.2) is 0 Å². The number of ether oxygens (including phenoxy) is 1. The van der Waals surface area contributed by atoms with Crippen molar-refractivity contribution in [2.75, 3.05) is 12.9 Å². The van der Waals surface area contributed by atoms with Crippen molar-refractivity contribution in [2.24, 2.45) is 5.92 Å². The minimum absolute atomic E-state index is 0.0467. The van der Waals surface area contributed by atoms with Crippen LogP contribution in [0.3, 0.4) is 0 Å². The summed E-state index contributed by atoms with van der Waals surface area (Å²) in [5, 5.41) is 10.7. The second-order valence-corrected chi connectivity index (χ2v) is 4.40. The minimum Gasteiger partial charge on any atom is -0.469 e. The fourth-order valence-corrected chi connectivity index (χ4v) is 2.11. The molecule has 6 nitrogen and oxygen atoms in total. The zero-order valence-electron chi connectivity index (χ0n) is 9.45. The molecule has 0 spiro atoms. The lowest BCUT2D eigenvalue weighted by atomic mass is 10.2. The van der Waals surface area contributed by atoms with E-state index in [1.54, 1.807) is 13.0 Å². The number of nitrogens with zero attached hydrogens (tertiary/aromatic N) is 2. The molecule has 1 aromatic rings. The van der Waals surface area contributed by atoms with Gasteiger partial charge in [-0.1, -0.05) is 6.92 Å². The molecule has 0 bridgehead atoms. The van der Waals surface area contributed by atoms with E-state index in [4.69, 9.17) is 0 Å². The maximum atomic E-state index is 11.2. The van der Waals surface area contributed by atoms with E-state index in [1.165, 1.54) is 31.3 Å². The molecule has 1 atom stereocenters. The molecule has 1 aromatic heterocycles. The van der Waals surface area contributed by atoms with E-state index >= 15 is 0 Å². The summed E-state index contributed by atoms with van der Waals surface area (Å²) in [4.78, 5) is 25.6. The number of hydrogen-bond donors (Lipinski definition) is 0. The largest absolute Gasteiger partial charge is 0.469 e. The molecule has 0 saturated carbocycles. The highest BCUT2D eigenvalue weighted by atomic mass is 32.2. The van der Waals surface area contributed by atoms with Gasteiger partial charge in [0.1, 0.15) is 6.20 Å². The first-order valence-electron chi connectivity index (χ1n) is 4.85. The van der Waals surface area contributed by atoms with E-state index in [9.17, 15) is 14.9 Å². The third kappa shape index (κ3) is 3.70. The summed E-state index contributed by atoms with van der Waals surface area (Å²) < 4.78 is 4.58. The maximum absolute atomic E-state index is 11.2. The Balaban J connectivity index is 2.69. The SMILES string of the molecule is COC(=O)C(C)CSc1ccncc1[N+](=O)[O-]. The molecule has 0 fully saturated rings. The second kappa shape index (κ2) is 6.19. The molecule has 0 aliphatic heterocycles. The van der Waals surface area contributed by atoms with E-state index in [0.29, 0.717) is 10.6 Å². The van der Waals surface area contributed by atoms with Crippen LogP contribution in [0.2, 0.25) is 0 Å². The predicted octanol–water partition coefficient (Wildman–Crippen LogP) is 1.89. The quantitative estimate of drug-likeness (QED) is 0.346. The van der Waals surface area contributed by atoms with Crippen LogP contribution in [-0.4, -0.2) is 28.7 Å². The number of methoxy groups -OCH3 is 1. The number of pyridine rings is 1. The lowest BCUT2D eigenvalue weighted by Crippen LogP contribution is -2.14. The molecule has 7 heteroatoms. The Morgan fingerprint density at radius 2 is 2.41 bits per heavy atom. The topological polar surface area (TPSA) is 82.3 Å². The summed E-state index contributed by atoms with van der Waals surface area (Å²) in [7, 11) is 1.32. The highest BCUT2D eigenvalue weighted by molar-refractivity contribution is 7.99. The highest BCUT2D eigenvalue weighted by Crippen LogP contribution is 2.29. The number of thioether (sulfide) groups is 1. The number of carbonyl (C=O) groups excluding carboxylic acids is 1. The van der Waals surface area contributed by atoms with Gasteiger partial charge in [0.05, 0.1) is 22.8 Å². The van der Waals surface area contributed by atoms with Crippen molar-refractivity contribution in [3.05, 3.63) is 28.6 Å². The second-order valence-electron chi connectivity index (χ2n) is 3.34. The zero-order valence-corrected chi connectivity index (χ0v) is 10.3. The average molecular weight is 256 g/mol. The molecule has 17 heavy (non-hydrogen) atoms. The molecule has 1 unspecified atom stereocenters. The standard InChI is InChI=1S/C10H12N2O4S/c1-7(10(13)16-2)6-17-9-3-4-11-5-8(9)12(14)15/h3-5,7H,6H2,1-2H3. The van der Waals surface area contributed by atoms with Gasteiger partial charge in [-0.05, 0) is 6.07 Å². The maximum Gasteiger partial charge on any atom is 0.309 e. The van der Waals surface area contributed by atoms with Crippen molar-refractivity contribution in [1.29, 1.82) is 0 Å². The Labute approximate surface area is 103 Å². The van der Waals surface area contributed by atoms with Crippen LogP contribution < -0.4 is 0 Å². The molecule has 0 amide bonds. The normalized spacial score (nSPS) is 11.9. The van der Waals surface area contributed by atoms with Crippen LogP contribution in [0.5, 0.6) is 0 Å². The van der Waals surface area contributed by atoms with Crippen LogP contribution in [0.1, 0.15) is 6.92 Å². The molecule has 92 valence electrons. The number of esters is 1. The Hall–Kier alpha value is -1.63. The molecule has 1 heterocycles. The van der Waals surface area contributed by atoms with Crippen LogP contribution in [0.25, 0.3) is 0 Å². The molecule has 0 aliphatic rings. The van der Waals surface area contributed by atoms with Gasteiger partial charge >= 0.3 is 11.7 Å². The van der Waals surface area contributed by atoms with E-state index < -0.39 is 4.92 Å². The van der Waals surface area contributed by atoms with Crippen molar-refractivity contribution in [1.82, 2.24) is 4.98 Å². The van der Waals surface area contributed by atoms with Gasteiger partial charge in [-0.15, -0.1) is 11.8 Å². The fourth-order valence-electron chi connectivity index (χ4n) is 1.12. The fraction of sp³-hybridized carbons (Fsp3) is 0.400. The Kier molecular flexibility index (Phi) is 4.89. The molecule has 1 rings (SSSR count). The van der Waals surface area contributed by atoms with Crippen LogP contribution in [0.15, 0.2) is 23.4 Å². The number of aromatic nitrogens is 1. The van der Waals surface area contributed by atoms with Crippen LogP contribution >= 0.6 is 11.8 Å². The summed E-state index contributed by atoms with van der Waals surface area (Å²) in [6.07, 6.45) is 2.68. The van der Waals surface area contributed by atoms with E-state index in [1.807, 2.05) is 0 Å². The van der Waals surface area contributed by atoms with Crippen LogP contribution in [-0.2, 0) is 9.53 Å². The molecule has 0 aliphatic carbocycles. The van der Waals surface area contributed by atoms with Crippen molar-refractivity contribution in [3.63, 3.8) is 0 Å². The van der Waals surface area contributed by atoms with Gasteiger partial charge in [0.2, 0.25) is 0 Å². The molecular weight excluding hydrogens is 244 g/mol. The van der Waals surface area contributed by atoms with Gasteiger partial charge in [0.15, 0.2) is 0 Å². The third-order valence-corrected chi connectivity index (χ3v) is 3.37. The van der Waals surface area contributed by atoms with Gasteiger partial charge in [-0.2, -0.15) is 0 Å². The smallest absolute Gasteiger partial charge is 0.309 e. The first kappa shape index (κ1) is 13.4. The molecule has 0 aromatic carbocycles. The van der Waals surface area contributed by atoms with Crippen LogP contribution in [0.4, 0.5) is 5.69 Å². The third-order valence-electron chi connectivity index (χ3n) is 2.05. The van der Waals surface area contributed by atoms with Crippen molar-refractivity contribution in [3.8, 4) is 0 Å². The van der Waals surface area contributed by atoms with E-state index in [0.717, 1.165) is 0 Å². The summed E-state index contributed by atoms with van der Waals surface area (Å²) in [5.41, 5.74) is -0.0467. The monoisotopic (exact) mass is 256 g/mol. The molecule has 0 radical (unpaired) electrons. The van der Waals surface area contributed by atoms with Gasteiger partial charge in [0, 0.05) is 11.9 Å². The lowest BCUT2D eigenvalue weighted by molar-refractivity contribution is -0.388. The van der Waals surface area contributed by atoms with Crippen molar-refractivity contribution < 1.29 is 14.5 Å². The minimum atomic E-state index is -0.488. The first-order chi connectivity index (χ1) is 8.06. The summed E-state index contributed by atoms with van der Waals surface area (Å²) in [6, 6.07) is 1.56. The zero-order chi connectivity index (χ0) is 12.8. The number of nitro groups is 1.